The number of rotatable bonds is 9. The first-order valence-corrected chi connectivity index (χ1v) is 9.44. The standard InChI is InChI=1S/C20H30N2O3/c1-3-5-8-16(4-2)15-21-19(23)11-12-20(24)22-13-14-25-18-10-7-6-9-17(18)22/h6-7,9-10,16H,3-5,8,11-15H2,1-2H3,(H,21,23). The van der Waals surface area contributed by atoms with Gasteiger partial charge >= 0.3 is 0 Å². The lowest BCUT2D eigenvalue weighted by molar-refractivity contribution is -0.125. The monoisotopic (exact) mass is 346 g/mol. The molecule has 138 valence electrons. The number of anilines is 1. The van der Waals surface area contributed by atoms with Gasteiger partial charge in [-0.15, -0.1) is 0 Å². The Labute approximate surface area is 150 Å². The van der Waals surface area contributed by atoms with Crippen molar-refractivity contribution in [1.82, 2.24) is 5.32 Å². The third-order valence-electron chi connectivity index (χ3n) is 4.73. The van der Waals surface area contributed by atoms with Crippen LogP contribution in [-0.2, 0) is 9.59 Å². The molecule has 1 atom stereocenters. The minimum Gasteiger partial charge on any atom is -0.490 e. The Morgan fingerprint density at radius 2 is 2.04 bits per heavy atom. The van der Waals surface area contributed by atoms with Crippen LogP contribution in [0.15, 0.2) is 24.3 Å². The van der Waals surface area contributed by atoms with Crippen LogP contribution in [0.5, 0.6) is 5.75 Å². The third kappa shape index (κ3) is 5.76. The molecule has 0 fully saturated rings. The topological polar surface area (TPSA) is 58.6 Å². The van der Waals surface area contributed by atoms with Gasteiger partial charge in [0, 0.05) is 19.4 Å². The summed E-state index contributed by atoms with van der Waals surface area (Å²) in [7, 11) is 0. The maximum Gasteiger partial charge on any atom is 0.227 e. The first-order valence-electron chi connectivity index (χ1n) is 9.44. The number of para-hydroxylation sites is 2. The zero-order valence-electron chi connectivity index (χ0n) is 15.4. The third-order valence-corrected chi connectivity index (χ3v) is 4.73. The lowest BCUT2D eigenvalue weighted by atomic mass is 9.99. The van der Waals surface area contributed by atoms with E-state index < -0.39 is 0 Å². The summed E-state index contributed by atoms with van der Waals surface area (Å²) < 4.78 is 5.57. The van der Waals surface area contributed by atoms with Crippen LogP contribution in [0, 0.1) is 5.92 Å². The van der Waals surface area contributed by atoms with Gasteiger partial charge in [0.2, 0.25) is 11.8 Å². The first kappa shape index (κ1) is 19.3. The molecule has 0 spiro atoms. The predicted octanol–water partition coefficient (Wildman–Crippen LogP) is 3.52. The average Bonchev–Trinajstić information content (AvgIpc) is 2.65. The number of hydrogen-bond acceptors (Lipinski definition) is 3. The lowest BCUT2D eigenvalue weighted by Gasteiger charge is -2.29. The van der Waals surface area contributed by atoms with E-state index in [0.717, 1.165) is 24.3 Å². The molecule has 2 amide bonds. The molecular formula is C20H30N2O3. The van der Waals surface area contributed by atoms with Crippen LogP contribution in [0.2, 0.25) is 0 Å². The van der Waals surface area contributed by atoms with Crippen LogP contribution in [0.3, 0.4) is 0 Å². The first-order chi connectivity index (χ1) is 12.2. The van der Waals surface area contributed by atoms with Crippen molar-refractivity contribution in [2.75, 3.05) is 24.6 Å². The SMILES string of the molecule is CCCCC(CC)CNC(=O)CCC(=O)N1CCOc2ccccc21. The highest BCUT2D eigenvalue weighted by molar-refractivity contribution is 5.97. The highest BCUT2D eigenvalue weighted by atomic mass is 16.5. The number of hydrogen-bond donors (Lipinski definition) is 1. The van der Waals surface area contributed by atoms with Gasteiger partial charge in [0.1, 0.15) is 12.4 Å². The second kappa shape index (κ2) is 10.1. The largest absolute Gasteiger partial charge is 0.490 e. The predicted molar refractivity (Wildman–Crippen MR) is 99.8 cm³/mol. The molecule has 2 rings (SSSR count). The van der Waals surface area contributed by atoms with Crippen LogP contribution >= 0.6 is 0 Å². The molecule has 25 heavy (non-hydrogen) atoms. The summed E-state index contributed by atoms with van der Waals surface area (Å²) in [6.07, 6.45) is 5.07. The van der Waals surface area contributed by atoms with Crippen molar-refractivity contribution in [3.05, 3.63) is 24.3 Å². The molecule has 1 N–H and O–H groups in total. The molecule has 5 heteroatoms. The Morgan fingerprint density at radius 1 is 1.24 bits per heavy atom. The minimum absolute atomic E-state index is 0.0241. The van der Waals surface area contributed by atoms with Gasteiger partial charge in [-0.2, -0.15) is 0 Å². The van der Waals surface area contributed by atoms with Crippen LogP contribution in [0.25, 0.3) is 0 Å². The number of carbonyl (C=O) groups excluding carboxylic acids is 2. The molecule has 0 bridgehead atoms. The number of nitrogens with zero attached hydrogens (tertiary/aromatic N) is 1. The second-order valence-corrected chi connectivity index (χ2v) is 6.58. The lowest BCUT2D eigenvalue weighted by Crippen LogP contribution is -2.38. The van der Waals surface area contributed by atoms with Crippen molar-refractivity contribution in [3.8, 4) is 5.75 Å². The number of fused-ring (bicyclic) bond motifs is 1. The van der Waals surface area contributed by atoms with Gasteiger partial charge < -0.3 is 15.0 Å². The van der Waals surface area contributed by atoms with Crippen molar-refractivity contribution in [2.45, 2.75) is 52.4 Å². The maximum absolute atomic E-state index is 12.5. The molecule has 1 aliphatic heterocycles. The second-order valence-electron chi connectivity index (χ2n) is 6.58. The van der Waals surface area contributed by atoms with Crippen molar-refractivity contribution in [3.63, 3.8) is 0 Å². The van der Waals surface area contributed by atoms with Crippen LogP contribution in [0.1, 0.15) is 52.4 Å². The Hall–Kier alpha value is -2.04. The number of benzene rings is 1. The molecule has 1 aliphatic rings. The number of unbranched alkanes of at least 4 members (excludes halogenated alkanes) is 1. The van der Waals surface area contributed by atoms with E-state index in [9.17, 15) is 9.59 Å². The summed E-state index contributed by atoms with van der Waals surface area (Å²) in [4.78, 5) is 26.3. The molecule has 0 saturated carbocycles. The highest BCUT2D eigenvalue weighted by Crippen LogP contribution is 2.31. The van der Waals surface area contributed by atoms with E-state index in [2.05, 4.69) is 19.2 Å². The molecule has 0 aliphatic carbocycles. The summed E-state index contributed by atoms with van der Waals surface area (Å²) in [5, 5.41) is 2.99. The van der Waals surface area contributed by atoms with E-state index in [0.29, 0.717) is 25.6 Å². The fourth-order valence-corrected chi connectivity index (χ4v) is 3.07. The maximum atomic E-state index is 12.5. The fraction of sp³-hybridized carbons (Fsp3) is 0.600. The zero-order chi connectivity index (χ0) is 18.1. The molecule has 1 aromatic carbocycles. The summed E-state index contributed by atoms with van der Waals surface area (Å²) >= 11 is 0. The minimum atomic E-state index is -0.0372. The van der Waals surface area contributed by atoms with E-state index in [1.54, 1.807) is 4.90 Å². The molecule has 0 radical (unpaired) electrons. The number of nitrogens with one attached hydrogen (secondary N) is 1. The number of ether oxygens (including phenoxy) is 1. The number of carbonyl (C=O) groups is 2. The van der Waals surface area contributed by atoms with Crippen molar-refractivity contribution < 1.29 is 14.3 Å². The normalized spacial score (nSPS) is 14.4. The Bertz CT molecular complexity index is 574. The Morgan fingerprint density at radius 3 is 2.80 bits per heavy atom. The van der Waals surface area contributed by atoms with Crippen molar-refractivity contribution >= 4 is 17.5 Å². The van der Waals surface area contributed by atoms with Crippen molar-refractivity contribution in [1.29, 1.82) is 0 Å². The van der Waals surface area contributed by atoms with Crippen LogP contribution in [-0.4, -0.2) is 31.5 Å². The van der Waals surface area contributed by atoms with Gasteiger partial charge in [0.25, 0.3) is 0 Å². The molecule has 5 nitrogen and oxygen atoms in total. The summed E-state index contributed by atoms with van der Waals surface area (Å²) in [6, 6.07) is 7.53. The summed E-state index contributed by atoms with van der Waals surface area (Å²) in [5.41, 5.74) is 0.796. The molecule has 0 saturated heterocycles. The highest BCUT2D eigenvalue weighted by Gasteiger charge is 2.23. The summed E-state index contributed by atoms with van der Waals surface area (Å²) in [6.45, 7) is 6.08. The molecule has 1 heterocycles. The number of amides is 2. The van der Waals surface area contributed by atoms with Gasteiger partial charge in [-0.1, -0.05) is 45.2 Å². The zero-order valence-corrected chi connectivity index (χ0v) is 15.4. The molecule has 1 unspecified atom stereocenters. The Balaban J connectivity index is 1.77. The van der Waals surface area contributed by atoms with E-state index in [1.165, 1.54) is 12.8 Å². The van der Waals surface area contributed by atoms with Gasteiger partial charge in [-0.25, -0.2) is 0 Å². The van der Waals surface area contributed by atoms with Gasteiger partial charge in [-0.05, 0) is 24.5 Å². The van der Waals surface area contributed by atoms with Gasteiger partial charge in [-0.3, -0.25) is 9.59 Å². The summed E-state index contributed by atoms with van der Waals surface area (Å²) in [5.74, 6) is 1.20. The van der Waals surface area contributed by atoms with E-state index in [-0.39, 0.29) is 24.7 Å². The quantitative estimate of drug-likeness (QED) is 0.744. The smallest absolute Gasteiger partial charge is 0.227 e. The molecule has 1 aromatic rings. The Kier molecular flexibility index (Phi) is 7.76. The van der Waals surface area contributed by atoms with E-state index in [1.807, 2.05) is 24.3 Å². The average molecular weight is 346 g/mol. The van der Waals surface area contributed by atoms with Crippen LogP contribution in [0.4, 0.5) is 5.69 Å². The van der Waals surface area contributed by atoms with E-state index >= 15 is 0 Å². The van der Waals surface area contributed by atoms with Gasteiger partial charge in [0.05, 0.1) is 12.2 Å². The fourth-order valence-electron chi connectivity index (χ4n) is 3.07. The molecular weight excluding hydrogens is 316 g/mol. The van der Waals surface area contributed by atoms with E-state index in [4.69, 9.17) is 4.74 Å². The van der Waals surface area contributed by atoms with Crippen LogP contribution < -0.4 is 15.0 Å². The van der Waals surface area contributed by atoms with Crippen molar-refractivity contribution in [2.24, 2.45) is 5.92 Å². The molecule has 0 aromatic heterocycles. The van der Waals surface area contributed by atoms with Gasteiger partial charge in [0.15, 0.2) is 0 Å².